The number of benzene rings is 1. The predicted octanol–water partition coefficient (Wildman–Crippen LogP) is 3.96. The van der Waals surface area contributed by atoms with Crippen molar-refractivity contribution in [2.45, 2.75) is 32.7 Å². The summed E-state index contributed by atoms with van der Waals surface area (Å²) in [6.45, 7) is 4.22. The van der Waals surface area contributed by atoms with Crippen molar-refractivity contribution in [1.82, 2.24) is 9.55 Å². The highest BCUT2D eigenvalue weighted by Crippen LogP contribution is 2.28. The number of halogens is 1. The highest BCUT2D eigenvalue weighted by molar-refractivity contribution is 7.71. The van der Waals surface area contributed by atoms with Crippen LogP contribution in [0.2, 0.25) is 0 Å². The SMILES string of the molecule is Cc1cc2c(cc1F)[nH]c(=S)n2CCCOCC1CC1. The Morgan fingerprint density at radius 3 is 3.00 bits per heavy atom. The first kappa shape index (κ1) is 13.8. The van der Waals surface area contributed by atoms with E-state index in [-0.39, 0.29) is 5.82 Å². The minimum atomic E-state index is -0.200. The first-order valence-electron chi connectivity index (χ1n) is 7.11. The fourth-order valence-corrected chi connectivity index (χ4v) is 2.66. The topological polar surface area (TPSA) is 29.9 Å². The number of aromatic amines is 1. The molecule has 1 aromatic heterocycles. The lowest BCUT2D eigenvalue weighted by molar-refractivity contribution is 0.119. The van der Waals surface area contributed by atoms with E-state index in [9.17, 15) is 4.39 Å². The molecule has 1 fully saturated rings. The number of aryl methyl sites for hydroxylation is 2. The Hall–Kier alpha value is -1.20. The zero-order chi connectivity index (χ0) is 14.1. The molecule has 1 aromatic carbocycles. The summed E-state index contributed by atoms with van der Waals surface area (Å²) in [5, 5.41) is 0. The molecule has 0 saturated heterocycles. The number of H-pyrrole nitrogens is 1. The molecule has 0 radical (unpaired) electrons. The van der Waals surface area contributed by atoms with E-state index in [0.29, 0.717) is 10.3 Å². The maximum atomic E-state index is 13.5. The number of hydrogen-bond acceptors (Lipinski definition) is 2. The zero-order valence-corrected chi connectivity index (χ0v) is 12.4. The molecule has 3 rings (SSSR count). The first-order valence-corrected chi connectivity index (χ1v) is 7.52. The smallest absolute Gasteiger partial charge is 0.178 e. The molecule has 0 bridgehead atoms. The van der Waals surface area contributed by atoms with Gasteiger partial charge in [-0.2, -0.15) is 0 Å². The van der Waals surface area contributed by atoms with Gasteiger partial charge in [0.25, 0.3) is 0 Å². The summed E-state index contributed by atoms with van der Waals surface area (Å²) < 4.78 is 21.8. The van der Waals surface area contributed by atoms with Crippen LogP contribution in [0.4, 0.5) is 4.39 Å². The largest absolute Gasteiger partial charge is 0.381 e. The molecule has 2 aromatic rings. The fourth-order valence-electron chi connectivity index (χ4n) is 2.36. The molecule has 0 atom stereocenters. The average molecular weight is 294 g/mol. The molecule has 0 amide bonds. The van der Waals surface area contributed by atoms with E-state index in [1.165, 1.54) is 18.9 Å². The van der Waals surface area contributed by atoms with E-state index < -0.39 is 0 Å². The lowest BCUT2D eigenvalue weighted by Crippen LogP contribution is -2.04. The monoisotopic (exact) mass is 294 g/mol. The Balaban J connectivity index is 1.68. The Morgan fingerprint density at radius 1 is 1.45 bits per heavy atom. The quantitative estimate of drug-likeness (QED) is 0.645. The van der Waals surface area contributed by atoms with Gasteiger partial charge < -0.3 is 14.3 Å². The van der Waals surface area contributed by atoms with Crippen LogP contribution in [-0.4, -0.2) is 22.8 Å². The fraction of sp³-hybridized carbons (Fsp3) is 0.533. The predicted molar refractivity (Wildman–Crippen MR) is 80.0 cm³/mol. The summed E-state index contributed by atoms with van der Waals surface area (Å²) >= 11 is 5.31. The second kappa shape index (κ2) is 5.66. The van der Waals surface area contributed by atoms with Gasteiger partial charge in [-0.05, 0) is 62.0 Å². The van der Waals surface area contributed by atoms with Crippen LogP contribution in [0.25, 0.3) is 11.0 Å². The Bertz CT molecular complexity index is 672. The van der Waals surface area contributed by atoms with Crippen molar-refractivity contribution in [3.05, 3.63) is 28.3 Å². The van der Waals surface area contributed by atoms with Gasteiger partial charge in [0.05, 0.1) is 11.0 Å². The Morgan fingerprint density at radius 2 is 2.25 bits per heavy atom. The molecular formula is C15H19FN2OS. The van der Waals surface area contributed by atoms with Crippen molar-refractivity contribution < 1.29 is 9.13 Å². The van der Waals surface area contributed by atoms with Crippen LogP contribution in [-0.2, 0) is 11.3 Å². The third kappa shape index (κ3) is 2.94. The van der Waals surface area contributed by atoms with Crippen molar-refractivity contribution in [3.8, 4) is 0 Å². The molecule has 20 heavy (non-hydrogen) atoms. The van der Waals surface area contributed by atoms with E-state index in [1.807, 2.05) is 10.6 Å². The number of nitrogens with zero attached hydrogens (tertiary/aromatic N) is 1. The van der Waals surface area contributed by atoms with E-state index in [1.54, 1.807) is 6.92 Å². The first-order chi connectivity index (χ1) is 9.65. The summed E-state index contributed by atoms with van der Waals surface area (Å²) in [5.74, 6) is 0.601. The molecule has 1 N–H and O–H groups in total. The van der Waals surface area contributed by atoms with Crippen LogP contribution in [0.3, 0.4) is 0 Å². The molecule has 1 aliphatic rings. The van der Waals surface area contributed by atoms with Crippen LogP contribution in [0.15, 0.2) is 12.1 Å². The van der Waals surface area contributed by atoms with E-state index in [2.05, 4.69) is 4.98 Å². The molecule has 1 heterocycles. The number of fused-ring (bicyclic) bond motifs is 1. The Labute approximate surface area is 122 Å². The highest BCUT2D eigenvalue weighted by Gasteiger charge is 2.20. The van der Waals surface area contributed by atoms with Crippen LogP contribution in [0, 0.1) is 23.4 Å². The van der Waals surface area contributed by atoms with Gasteiger partial charge in [0.15, 0.2) is 4.77 Å². The second-order valence-corrected chi connectivity index (χ2v) is 5.96. The minimum absolute atomic E-state index is 0.200. The molecule has 0 unspecified atom stereocenters. The third-order valence-electron chi connectivity index (χ3n) is 3.78. The van der Waals surface area contributed by atoms with Crippen molar-refractivity contribution in [2.75, 3.05) is 13.2 Å². The van der Waals surface area contributed by atoms with Crippen LogP contribution in [0.1, 0.15) is 24.8 Å². The molecule has 0 spiro atoms. The van der Waals surface area contributed by atoms with E-state index >= 15 is 0 Å². The van der Waals surface area contributed by atoms with Crippen molar-refractivity contribution in [1.29, 1.82) is 0 Å². The minimum Gasteiger partial charge on any atom is -0.381 e. The van der Waals surface area contributed by atoms with Gasteiger partial charge in [-0.3, -0.25) is 0 Å². The van der Waals surface area contributed by atoms with Crippen molar-refractivity contribution in [2.24, 2.45) is 5.92 Å². The van der Waals surface area contributed by atoms with Gasteiger partial charge >= 0.3 is 0 Å². The van der Waals surface area contributed by atoms with Gasteiger partial charge in [-0.15, -0.1) is 0 Å². The van der Waals surface area contributed by atoms with Gasteiger partial charge in [0.2, 0.25) is 0 Å². The number of ether oxygens (including phenoxy) is 1. The summed E-state index contributed by atoms with van der Waals surface area (Å²) in [6.07, 6.45) is 3.56. The average Bonchev–Trinajstić information content (AvgIpc) is 3.17. The van der Waals surface area contributed by atoms with Crippen LogP contribution in [0.5, 0.6) is 0 Å². The molecular weight excluding hydrogens is 275 g/mol. The second-order valence-electron chi connectivity index (χ2n) is 5.57. The number of nitrogens with one attached hydrogen (secondary N) is 1. The molecule has 5 heteroatoms. The lowest BCUT2D eigenvalue weighted by atomic mass is 10.2. The van der Waals surface area contributed by atoms with Crippen LogP contribution >= 0.6 is 12.2 Å². The van der Waals surface area contributed by atoms with Crippen molar-refractivity contribution >= 4 is 23.3 Å². The van der Waals surface area contributed by atoms with Crippen LogP contribution < -0.4 is 0 Å². The number of aromatic nitrogens is 2. The summed E-state index contributed by atoms with van der Waals surface area (Å²) in [7, 11) is 0. The van der Waals surface area contributed by atoms with E-state index in [0.717, 1.165) is 43.1 Å². The van der Waals surface area contributed by atoms with Gasteiger partial charge in [-0.1, -0.05) is 0 Å². The molecule has 0 aliphatic heterocycles. The number of rotatable bonds is 6. The molecule has 108 valence electrons. The van der Waals surface area contributed by atoms with E-state index in [4.69, 9.17) is 17.0 Å². The standard InChI is InChI=1S/C15H19FN2OS/c1-10-7-14-13(8-12(10)16)17-15(20)18(14)5-2-6-19-9-11-3-4-11/h7-8,11H,2-6,9H2,1H3,(H,17,20). The van der Waals surface area contributed by atoms with Gasteiger partial charge in [0.1, 0.15) is 5.82 Å². The summed E-state index contributed by atoms with van der Waals surface area (Å²) in [5.41, 5.74) is 2.37. The molecule has 3 nitrogen and oxygen atoms in total. The summed E-state index contributed by atoms with van der Waals surface area (Å²) in [4.78, 5) is 3.06. The van der Waals surface area contributed by atoms with Gasteiger partial charge in [-0.25, -0.2) is 4.39 Å². The normalized spacial score (nSPS) is 15.1. The van der Waals surface area contributed by atoms with Gasteiger partial charge in [0, 0.05) is 19.8 Å². The number of hydrogen-bond donors (Lipinski definition) is 1. The lowest BCUT2D eigenvalue weighted by Gasteiger charge is -2.06. The molecule has 1 aliphatic carbocycles. The maximum absolute atomic E-state index is 13.5. The number of imidazole rings is 1. The molecule has 1 saturated carbocycles. The summed E-state index contributed by atoms with van der Waals surface area (Å²) in [6, 6.07) is 3.36. The highest BCUT2D eigenvalue weighted by atomic mass is 32.1. The zero-order valence-electron chi connectivity index (χ0n) is 11.6. The van der Waals surface area contributed by atoms with Crippen molar-refractivity contribution in [3.63, 3.8) is 0 Å². The Kier molecular flexibility index (Phi) is 3.89. The third-order valence-corrected chi connectivity index (χ3v) is 4.10. The maximum Gasteiger partial charge on any atom is 0.178 e.